The van der Waals surface area contributed by atoms with Gasteiger partial charge in [-0.3, -0.25) is 14.4 Å². The van der Waals surface area contributed by atoms with Crippen molar-refractivity contribution in [3.63, 3.8) is 0 Å². The quantitative estimate of drug-likeness (QED) is 0.183. The van der Waals surface area contributed by atoms with Crippen molar-refractivity contribution in [3.8, 4) is 5.75 Å². The van der Waals surface area contributed by atoms with Gasteiger partial charge < -0.3 is 29.3 Å². The summed E-state index contributed by atoms with van der Waals surface area (Å²) in [4.78, 5) is 45.5. The number of likely N-dealkylation sites (tertiary alicyclic amines) is 1. The first-order chi connectivity index (χ1) is 30.6. The lowest BCUT2D eigenvalue weighted by Crippen LogP contribution is -2.66. The van der Waals surface area contributed by atoms with Gasteiger partial charge in [-0.25, -0.2) is 0 Å². The monoisotopic (exact) mass is 882 g/mol. The van der Waals surface area contributed by atoms with E-state index in [9.17, 15) is 9.59 Å². The number of amides is 1. The molecule has 64 heavy (non-hydrogen) atoms. The molecule has 9 nitrogen and oxygen atoms in total. The van der Waals surface area contributed by atoms with Crippen LogP contribution in [0.5, 0.6) is 5.75 Å². The molecule has 10 rings (SSSR count). The number of methoxy groups -OCH3 is 1. The molecule has 14 unspecified atom stereocenters. The van der Waals surface area contributed by atoms with Gasteiger partial charge in [0.2, 0.25) is 5.91 Å². The van der Waals surface area contributed by atoms with Crippen LogP contribution >= 0.6 is 0 Å². The van der Waals surface area contributed by atoms with Crippen LogP contribution in [0.3, 0.4) is 0 Å². The number of rotatable bonds is 10. The SMILES string of the molecule is CC1CC1.COCCOc1ccc(C2=CN(C)C(C3CCCN3C(=O)C34CCCC3C3CCC5C6(C)CCC(OC(=O)C7CC(C(C)=O)C7C)C(C)C6CCC5(C)[C@]3(C)CC4)N2)cc1. The van der Waals surface area contributed by atoms with Crippen molar-refractivity contribution in [3.05, 3.63) is 36.0 Å². The Hall–Kier alpha value is -3.07. The highest BCUT2D eigenvalue weighted by molar-refractivity contribution is 5.85. The van der Waals surface area contributed by atoms with Crippen LogP contribution in [0.15, 0.2) is 30.5 Å². The zero-order chi connectivity index (χ0) is 45.3. The number of hydrogen-bond acceptors (Lipinski definition) is 8. The molecule has 0 aromatic heterocycles. The Kier molecular flexibility index (Phi) is 12.6. The van der Waals surface area contributed by atoms with Gasteiger partial charge in [-0.05, 0) is 178 Å². The molecular weight excluding hydrogens is 799 g/mol. The van der Waals surface area contributed by atoms with Crippen molar-refractivity contribution in [1.29, 1.82) is 0 Å². The van der Waals surface area contributed by atoms with Crippen molar-refractivity contribution in [2.24, 2.45) is 74.9 Å². The first kappa shape index (κ1) is 46.1. The van der Waals surface area contributed by atoms with Crippen LogP contribution in [0.4, 0.5) is 0 Å². The van der Waals surface area contributed by atoms with E-state index in [1.165, 1.54) is 51.4 Å². The Labute approximate surface area is 385 Å². The normalized spacial score (nSPS) is 43.2. The standard InChI is InChI=1S/C51H75N3O6.C4H8/c1-31-36(33(3)55)29-37(31)46(56)60-43-20-22-48(4)38(32(43)2)19-23-50(6)44(48)18-17-39-40-11-9-21-51(40,25-24-49(39,50)5)47(57)54-26-10-12-42(54)45-52-41(30-53(45)7)34-13-15-35(16-14-34)59-28-27-58-8;1-4-2-3-4/h13-16,30-32,36-40,42-45,52H,9-12,17-29H2,1-8H3;4H,2-3H2,1H3/t31?,32?,36?,37?,38?,39?,40?,42?,43?,44?,45?,48?,49-,50?,51?;/m1./s1. The minimum Gasteiger partial charge on any atom is -0.491 e. The van der Waals surface area contributed by atoms with Gasteiger partial charge in [-0.2, -0.15) is 0 Å². The van der Waals surface area contributed by atoms with E-state index in [0.717, 1.165) is 74.4 Å². The summed E-state index contributed by atoms with van der Waals surface area (Å²) < 4.78 is 17.3. The molecule has 2 aliphatic heterocycles. The van der Waals surface area contributed by atoms with Gasteiger partial charge in [-0.15, -0.1) is 0 Å². The van der Waals surface area contributed by atoms with Crippen molar-refractivity contribution in [2.75, 3.05) is 33.9 Å². The highest BCUT2D eigenvalue weighted by atomic mass is 16.5. The Morgan fingerprint density at radius 3 is 2.20 bits per heavy atom. The number of ether oxygens (including phenoxy) is 3. The smallest absolute Gasteiger partial charge is 0.309 e. The highest BCUT2D eigenvalue weighted by Gasteiger charge is 2.70. The van der Waals surface area contributed by atoms with Gasteiger partial charge in [0.05, 0.1) is 29.7 Å². The summed E-state index contributed by atoms with van der Waals surface area (Å²) in [6, 6.07) is 8.42. The number of nitrogens with one attached hydrogen (secondary N) is 1. The Morgan fingerprint density at radius 2 is 1.52 bits per heavy atom. The molecule has 7 saturated carbocycles. The van der Waals surface area contributed by atoms with E-state index in [-0.39, 0.29) is 69.5 Å². The summed E-state index contributed by atoms with van der Waals surface area (Å²) in [6.07, 6.45) is 20.6. The maximum absolute atomic E-state index is 15.4. The summed E-state index contributed by atoms with van der Waals surface area (Å²) in [5, 5.41) is 3.86. The lowest BCUT2D eigenvalue weighted by Gasteiger charge is -2.71. The molecule has 9 aliphatic rings. The predicted molar refractivity (Wildman–Crippen MR) is 252 cm³/mol. The number of ketones is 1. The van der Waals surface area contributed by atoms with Gasteiger partial charge in [0.15, 0.2) is 0 Å². The number of Topliss-reactive ketones (excluding diaryl/α,β-unsaturated/α-hetero) is 1. The van der Waals surface area contributed by atoms with Crippen LogP contribution in [0.25, 0.3) is 5.70 Å². The number of carbonyl (C=O) groups is 3. The summed E-state index contributed by atoms with van der Waals surface area (Å²) in [7, 11) is 3.84. The molecule has 1 N–H and O–H groups in total. The third-order valence-corrected chi connectivity index (χ3v) is 20.8. The molecule has 1 saturated heterocycles. The first-order valence-corrected chi connectivity index (χ1v) is 26.0. The number of carbonyl (C=O) groups excluding carboxylic acids is 3. The van der Waals surface area contributed by atoms with Gasteiger partial charge in [-0.1, -0.05) is 60.8 Å². The van der Waals surface area contributed by atoms with Crippen LogP contribution in [0, 0.1) is 74.9 Å². The van der Waals surface area contributed by atoms with Gasteiger partial charge in [0, 0.05) is 32.8 Å². The maximum atomic E-state index is 15.4. The van der Waals surface area contributed by atoms with Crippen molar-refractivity contribution in [1.82, 2.24) is 15.1 Å². The predicted octanol–water partition coefficient (Wildman–Crippen LogP) is 10.5. The number of esters is 1. The molecule has 8 fully saturated rings. The lowest BCUT2D eigenvalue weighted by molar-refractivity contribution is -0.236. The van der Waals surface area contributed by atoms with E-state index < -0.39 is 0 Å². The number of benzene rings is 1. The Bertz CT molecular complexity index is 1930. The second-order valence-electron chi connectivity index (χ2n) is 23.7. The van der Waals surface area contributed by atoms with E-state index in [0.29, 0.717) is 55.1 Å². The molecule has 0 bridgehead atoms. The molecule has 0 spiro atoms. The van der Waals surface area contributed by atoms with Gasteiger partial charge >= 0.3 is 5.97 Å². The van der Waals surface area contributed by atoms with E-state index in [4.69, 9.17) is 14.2 Å². The number of hydrogen-bond donors (Lipinski definition) is 1. The average Bonchev–Trinajstić information content (AvgIpc) is 3.58. The molecule has 1 aromatic rings. The van der Waals surface area contributed by atoms with E-state index >= 15 is 4.79 Å². The summed E-state index contributed by atoms with van der Waals surface area (Å²) in [6.45, 7) is 18.3. The summed E-state index contributed by atoms with van der Waals surface area (Å²) >= 11 is 0. The topological polar surface area (TPSA) is 97.4 Å². The number of nitrogens with zero attached hydrogens (tertiary/aromatic N) is 2. The lowest BCUT2D eigenvalue weighted by atomic mass is 9.33. The number of likely N-dealkylation sites (N-methyl/N-ethyl adjacent to an activating group) is 1. The van der Waals surface area contributed by atoms with Crippen LogP contribution in [-0.2, 0) is 23.9 Å². The molecule has 0 radical (unpaired) electrons. The van der Waals surface area contributed by atoms with Gasteiger partial charge in [0.1, 0.15) is 30.4 Å². The zero-order valence-electron chi connectivity index (χ0n) is 41.1. The molecule has 1 aromatic carbocycles. The van der Waals surface area contributed by atoms with Crippen LogP contribution in [-0.4, -0.2) is 79.7 Å². The summed E-state index contributed by atoms with van der Waals surface area (Å²) in [5.74, 6) is 5.07. The third kappa shape index (κ3) is 7.64. The minimum absolute atomic E-state index is 0.0112. The highest BCUT2D eigenvalue weighted by Crippen LogP contribution is 2.76. The molecule has 7 aliphatic carbocycles. The van der Waals surface area contributed by atoms with E-state index in [1.807, 2.05) is 19.1 Å². The fourth-order valence-electron chi connectivity index (χ4n) is 16.5. The molecule has 354 valence electrons. The molecule has 2 heterocycles. The summed E-state index contributed by atoms with van der Waals surface area (Å²) in [5.41, 5.74) is 2.66. The molecule has 15 atom stereocenters. The van der Waals surface area contributed by atoms with Gasteiger partial charge in [0.25, 0.3) is 0 Å². The fraction of sp³-hybridized carbons (Fsp3) is 0.800. The number of fused-ring (bicyclic) bond motifs is 7. The molecular formula is C55H83N3O6. The largest absolute Gasteiger partial charge is 0.491 e. The Balaban J connectivity index is 0.00000123. The van der Waals surface area contributed by atoms with Crippen LogP contribution in [0.2, 0.25) is 0 Å². The molecule has 9 heteroatoms. The first-order valence-electron chi connectivity index (χ1n) is 26.0. The van der Waals surface area contributed by atoms with E-state index in [2.05, 4.69) is 75.1 Å². The second kappa shape index (κ2) is 17.5. The maximum Gasteiger partial charge on any atom is 0.309 e. The second-order valence-corrected chi connectivity index (χ2v) is 23.7. The zero-order valence-corrected chi connectivity index (χ0v) is 41.1. The Morgan fingerprint density at radius 1 is 0.766 bits per heavy atom. The van der Waals surface area contributed by atoms with E-state index in [1.54, 1.807) is 14.0 Å². The third-order valence-electron chi connectivity index (χ3n) is 20.8. The van der Waals surface area contributed by atoms with Crippen molar-refractivity contribution >= 4 is 23.4 Å². The van der Waals surface area contributed by atoms with Crippen LogP contribution < -0.4 is 10.1 Å². The average molecular weight is 882 g/mol. The van der Waals surface area contributed by atoms with Crippen LogP contribution in [0.1, 0.15) is 157 Å². The minimum atomic E-state index is -0.234. The fourth-order valence-corrected chi connectivity index (χ4v) is 16.5. The van der Waals surface area contributed by atoms with Crippen molar-refractivity contribution in [2.45, 2.75) is 170 Å². The molecule has 1 amide bonds. The van der Waals surface area contributed by atoms with Crippen molar-refractivity contribution < 1.29 is 28.6 Å².